The average Bonchev–Trinajstić information content (AvgIpc) is 2.97. The number of aromatic nitrogens is 2. The maximum atomic E-state index is 12.2. The fourth-order valence-electron chi connectivity index (χ4n) is 8.02. The highest BCUT2D eigenvalue weighted by Gasteiger charge is 2.78. The van der Waals surface area contributed by atoms with Crippen molar-refractivity contribution in [2.24, 2.45) is 23.0 Å². The van der Waals surface area contributed by atoms with Gasteiger partial charge < -0.3 is 31.5 Å². The van der Waals surface area contributed by atoms with Gasteiger partial charge in [-0.2, -0.15) is 4.98 Å². The van der Waals surface area contributed by atoms with Crippen LogP contribution >= 0.6 is 0 Å². The van der Waals surface area contributed by atoms with Gasteiger partial charge in [-0.15, -0.1) is 0 Å². The van der Waals surface area contributed by atoms with Gasteiger partial charge in [0.05, 0.1) is 23.5 Å². The molecule has 5 aliphatic rings. The predicted octanol–water partition coefficient (Wildman–Crippen LogP) is 3.01. The number of primary amides is 1. The van der Waals surface area contributed by atoms with Gasteiger partial charge in [-0.05, 0) is 75.0 Å². The minimum Gasteiger partial charge on any atom is -0.491 e. The number of aliphatic hydroxyl groups is 1. The molecule has 0 saturated heterocycles. The number of nitrogens with one attached hydrogen (secondary N) is 3. The fourth-order valence-corrected chi connectivity index (χ4v) is 8.02. The highest BCUT2D eigenvalue weighted by molar-refractivity contribution is 5.97. The van der Waals surface area contributed by atoms with E-state index in [9.17, 15) is 9.90 Å². The lowest BCUT2D eigenvalue weighted by Gasteiger charge is -2.55. The number of fused-ring (bicyclic) bond motifs is 3. The van der Waals surface area contributed by atoms with E-state index in [0.717, 1.165) is 55.8 Å². The molecule has 4 saturated carbocycles. The number of rotatable bonds is 5. The molecule has 178 valence electrons. The summed E-state index contributed by atoms with van der Waals surface area (Å²) in [5, 5.41) is 21.6. The number of ether oxygens (including phenoxy) is 1. The maximum Gasteiger partial charge on any atom is 0.254 e. The smallest absolute Gasteiger partial charge is 0.254 e. The molecule has 5 atom stereocenters. The number of nitrogens with zero attached hydrogens (tertiary/aromatic N) is 2. The van der Waals surface area contributed by atoms with Crippen LogP contribution in [0.1, 0.15) is 55.3 Å². The summed E-state index contributed by atoms with van der Waals surface area (Å²) in [7, 11) is 0. The molecule has 1 aliphatic heterocycles. The van der Waals surface area contributed by atoms with Crippen molar-refractivity contribution < 1.29 is 14.6 Å². The fraction of sp³-hybridized carbons (Fsp3) is 0.560. The van der Waals surface area contributed by atoms with Crippen molar-refractivity contribution in [3.63, 3.8) is 0 Å². The van der Waals surface area contributed by atoms with E-state index in [1.54, 1.807) is 0 Å². The number of anilines is 4. The van der Waals surface area contributed by atoms with Crippen LogP contribution in [0, 0.1) is 17.3 Å². The van der Waals surface area contributed by atoms with E-state index in [1.807, 2.05) is 18.2 Å². The van der Waals surface area contributed by atoms with Crippen LogP contribution in [0.2, 0.25) is 0 Å². The highest BCUT2D eigenvalue weighted by atomic mass is 16.5. The minimum atomic E-state index is -0.589. The van der Waals surface area contributed by atoms with Gasteiger partial charge in [0.2, 0.25) is 5.95 Å². The summed E-state index contributed by atoms with van der Waals surface area (Å²) in [5.41, 5.74) is 6.89. The van der Waals surface area contributed by atoms with Crippen LogP contribution in [-0.4, -0.2) is 45.3 Å². The predicted molar refractivity (Wildman–Crippen MR) is 127 cm³/mol. The second-order valence-electron chi connectivity index (χ2n) is 11.1. The summed E-state index contributed by atoms with van der Waals surface area (Å²) in [5.74, 6) is 2.35. The van der Waals surface area contributed by atoms with E-state index in [1.165, 1.54) is 12.6 Å². The van der Waals surface area contributed by atoms with Crippen LogP contribution in [0.4, 0.5) is 23.1 Å². The largest absolute Gasteiger partial charge is 0.491 e. The zero-order valence-electron chi connectivity index (χ0n) is 19.1. The zero-order chi connectivity index (χ0) is 23.1. The van der Waals surface area contributed by atoms with Gasteiger partial charge in [0.25, 0.3) is 5.91 Å². The molecular weight excluding hydrogens is 432 g/mol. The van der Waals surface area contributed by atoms with Crippen LogP contribution in [-0.2, 0) is 0 Å². The Morgan fingerprint density at radius 1 is 1.26 bits per heavy atom. The Morgan fingerprint density at radius 2 is 2.18 bits per heavy atom. The van der Waals surface area contributed by atoms with E-state index in [0.29, 0.717) is 36.6 Å². The SMILES string of the molecule is NC(=O)c1cnc(Nc2ccc3c(c2)NCCCO3)nc1NC12CC3CC4CC(O)(C1)C4(C3)C2. The molecule has 2 aromatic rings. The second-order valence-corrected chi connectivity index (χ2v) is 11.1. The first-order valence-corrected chi connectivity index (χ1v) is 12.3. The summed E-state index contributed by atoms with van der Waals surface area (Å²) in [6.45, 7) is 1.55. The van der Waals surface area contributed by atoms with Crippen molar-refractivity contribution >= 4 is 29.0 Å². The molecule has 2 heterocycles. The number of carbonyl (C=O) groups is 1. The van der Waals surface area contributed by atoms with E-state index in [4.69, 9.17) is 10.5 Å². The van der Waals surface area contributed by atoms with Crippen molar-refractivity contribution in [1.29, 1.82) is 0 Å². The molecule has 0 radical (unpaired) electrons. The molecule has 34 heavy (non-hydrogen) atoms. The van der Waals surface area contributed by atoms with Gasteiger partial charge in [-0.25, -0.2) is 4.98 Å². The van der Waals surface area contributed by atoms with Crippen molar-refractivity contribution in [1.82, 2.24) is 9.97 Å². The molecule has 1 aromatic carbocycles. The number of hydrogen-bond donors (Lipinski definition) is 5. The number of hydrogen-bond acceptors (Lipinski definition) is 8. The molecule has 4 fully saturated rings. The van der Waals surface area contributed by atoms with E-state index in [2.05, 4.69) is 25.9 Å². The lowest BCUT2D eigenvalue weighted by atomic mass is 9.53. The molecular formula is C25H30N6O3. The standard InChI is InChI=1S/C25H30N6O3/c26-20(32)17-11-28-22(29-16-2-3-19-18(7-16)27-4-1-5-34-19)30-21(17)31-23-8-14-6-15-10-25(33,13-23)24(15,9-14)12-23/h2-3,7,11,14-15,27,33H,1,4-6,8-10,12-13H2,(H2,26,32)(H2,28,29,30,31). The normalized spacial score (nSPS) is 36.4. The molecule has 5 unspecified atom stereocenters. The van der Waals surface area contributed by atoms with Gasteiger partial charge in [0.15, 0.2) is 0 Å². The van der Waals surface area contributed by atoms with Gasteiger partial charge in [0.1, 0.15) is 11.6 Å². The minimum absolute atomic E-state index is 0.0425. The maximum absolute atomic E-state index is 12.2. The Bertz CT molecular complexity index is 1210. The molecule has 4 aliphatic carbocycles. The van der Waals surface area contributed by atoms with Crippen molar-refractivity contribution in [3.8, 4) is 5.75 Å². The molecule has 9 heteroatoms. The lowest BCUT2D eigenvalue weighted by Crippen LogP contribution is -2.57. The number of carbonyl (C=O) groups excluding carboxylic acids is 1. The Hall–Kier alpha value is -3.07. The van der Waals surface area contributed by atoms with Crippen LogP contribution in [0.15, 0.2) is 24.4 Å². The van der Waals surface area contributed by atoms with Gasteiger partial charge in [-0.3, -0.25) is 4.79 Å². The van der Waals surface area contributed by atoms with E-state index >= 15 is 0 Å². The van der Waals surface area contributed by atoms with Gasteiger partial charge >= 0.3 is 0 Å². The van der Waals surface area contributed by atoms with Crippen LogP contribution in [0.25, 0.3) is 0 Å². The Kier molecular flexibility index (Phi) is 4.03. The van der Waals surface area contributed by atoms with Crippen LogP contribution in [0.3, 0.4) is 0 Å². The molecule has 7 rings (SSSR count). The average molecular weight is 463 g/mol. The Labute approximate surface area is 197 Å². The highest BCUT2D eigenvalue weighted by Crippen LogP contribution is 2.78. The summed E-state index contributed by atoms with van der Waals surface area (Å²) in [6.07, 6.45) is 8.31. The van der Waals surface area contributed by atoms with Crippen molar-refractivity contribution in [2.45, 2.75) is 56.1 Å². The van der Waals surface area contributed by atoms with Gasteiger partial charge in [-0.1, -0.05) is 0 Å². The van der Waals surface area contributed by atoms with Crippen LogP contribution in [0.5, 0.6) is 5.75 Å². The summed E-state index contributed by atoms with van der Waals surface area (Å²) >= 11 is 0. The third-order valence-electron chi connectivity index (χ3n) is 9.09. The molecule has 6 N–H and O–H groups in total. The molecule has 1 spiro atoms. The third-order valence-corrected chi connectivity index (χ3v) is 9.09. The van der Waals surface area contributed by atoms with Gasteiger partial charge in [0, 0.05) is 29.4 Å². The Balaban J connectivity index is 1.19. The summed E-state index contributed by atoms with van der Waals surface area (Å²) in [6, 6.07) is 5.82. The zero-order valence-corrected chi connectivity index (χ0v) is 19.1. The first-order valence-electron chi connectivity index (χ1n) is 12.3. The molecule has 1 aromatic heterocycles. The molecule has 3 bridgehead atoms. The lowest BCUT2D eigenvalue weighted by molar-refractivity contribution is -0.176. The number of nitrogens with two attached hydrogens (primary N) is 1. The summed E-state index contributed by atoms with van der Waals surface area (Å²) < 4.78 is 5.77. The number of benzene rings is 1. The van der Waals surface area contributed by atoms with Crippen LogP contribution < -0.4 is 26.4 Å². The quantitative estimate of drug-likeness (QED) is 0.458. The van der Waals surface area contributed by atoms with Crippen molar-refractivity contribution in [2.75, 3.05) is 29.1 Å². The number of amides is 1. The monoisotopic (exact) mass is 462 g/mol. The Morgan fingerprint density at radius 3 is 3.06 bits per heavy atom. The van der Waals surface area contributed by atoms with Crippen molar-refractivity contribution in [3.05, 3.63) is 30.0 Å². The van der Waals surface area contributed by atoms with E-state index in [-0.39, 0.29) is 16.5 Å². The van der Waals surface area contributed by atoms with E-state index < -0.39 is 11.5 Å². The topological polar surface area (TPSA) is 134 Å². The first kappa shape index (κ1) is 20.3. The summed E-state index contributed by atoms with van der Waals surface area (Å²) in [4.78, 5) is 21.3. The molecule has 1 amide bonds. The first-order chi connectivity index (χ1) is 16.4. The molecule has 9 nitrogen and oxygen atoms in total. The third kappa shape index (κ3) is 2.79. The second kappa shape index (κ2) is 6.75.